The smallest absolute Gasteiger partial charge is 0.183 e. The van der Waals surface area contributed by atoms with E-state index in [2.05, 4.69) is 39.3 Å². The van der Waals surface area contributed by atoms with Crippen molar-refractivity contribution in [2.24, 2.45) is 5.41 Å². The predicted octanol–water partition coefficient (Wildman–Crippen LogP) is 4.09. The molecule has 1 atom stereocenters. The van der Waals surface area contributed by atoms with Crippen LogP contribution in [-0.2, 0) is 16.6 Å². The van der Waals surface area contributed by atoms with Gasteiger partial charge < -0.3 is 0 Å². The summed E-state index contributed by atoms with van der Waals surface area (Å²) in [6, 6.07) is 0. The fraction of sp³-hybridized carbons (Fsp3) is 0.923. The van der Waals surface area contributed by atoms with Crippen molar-refractivity contribution in [3.8, 4) is 0 Å². The molecular weight excluding hydrogens is 249 g/mol. The van der Waals surface area contributed by atoms with Crippen LogP contribution in [-0.4, -0.2) is 28.4 Å². The minimum Gasteiger partial charge on any atom is -0.292 e. The van der Waals surface area contributed by atoms with E-state index in [4.69, 9.17) is 11.8 Å². The first-order chi connectivity index (χ1) is 7.42. The Bertz CT molecular complexity index is 321. The van der Waals surface area contributed by atoms with E-state index in [1.165, 1.54) is 0 Å². The lowest BCUT2D eigenvalue weighted by Gasteiger charge is -2.44. The van der Waals surface area contributed by atoms with Crippen molar-refractivity contribution in [2.45, 2.75) is 60.5 Å². The van der Waals surface area contributed by atoms with E-state index in [9.17, 15) is 4.79 Å². The second kappa shape index (κ2) is 5.50. The maximum atomic E-state index is 12.8. The van der Waals surface area contributed by atoms with E-state index < -0.39 is 6.19 Å². The van der Waals surface area contributed by atoms with Gasteiger partial charge >= 0.3 is 0 Å². The highest BCUT2D eigenvalue weighted by Crippen LogP contribution is 2.64. The Morgan fingerprint density at radius 2 is 1.41 bits per heavy atom. The van der Waals surface area contributed by atoms with E-state index in [0.717, 1.165) is 13.1 Å². The van der Waals surface area contributed by atoms with Gasteiger partial charge in [0.1, 0.15) is 0 Å². The lowest BCUT2D eigenvalue weighted by atomic mass is 9.99. The number of carbonyl (C=O) groups excluding carboxylic acids is 1. The molecule has 0 saturated heterocycles. The van der Waals surface area contributed by atoms with Gasteiger partial charge in [-0.2, -0.15) is 0 Å². The van der Waals surface area contributed by atoms with Crippen LogP contribution >= 0.6 is 6.19 Å². The molecule has 17 heavy (non-hydrogen) atoms. The molecule has 0 amide bonds. The summed E-state index contributed by atoms with van der Waals surface area (Å²) in [6.45, 7) is 18.1. The molecule has 0 radical (unpaired) electrons. The van der Waals surface area contributed by atoms with E-state index in [-0.39, 0.29) is 16.1 Å². The number of hydrogen-bond acceptors (Lipinski definition) is 2. The van der Waals surface area contributed by atoms with Gasteiger partial charge in [0.25, 0.3) is 0 Å². The first-order valence-corrected chi connectivity index (χ1v) is 9.09. The van der Waals surface area contributed by atoms with Gasteiger partial charge in [-0.05, 0) is 0 Å². The first-order valence-electron chi connectivity index (χ1n) is 6.33. The second-order valence-electron chi connectivity index (χ2n) is 6.44. The molecule has 0 saturated carbocycles. The average molecular weight is 277 g/mol. The molecule has 0 aliphatic rings. The van der Waals surface area contributed by atoms with Gasteiger partial charge in [-0.3, -0.25) is 9.46 Å². The van der Waals surface area contributed by atoms with Crippen LogP contribution in [0.3, 0.4) is 0 Å². The number of rotatable bonds is 4. The SMILES string of the molecule is CCN(CC)P(=S)(C(=O)C(C)(C)C)C(C)(C)C. The zero-order valence-corrected chi connectivity index (χ0v) is 14.3. The lowest BCUT2D eigenvalue weighted by Crippen LogP contribution is -2.38. The summed E-state index contributed by atoms with van der Waals surface area (Å²) in [7, 11) is 0. The molecule has 102 valence electrons. The summed E-state index contributed by atoms with van der Waals surface area (Å²) in [5.74, 6) is 0. The van der Waals surface area contributed by atoms with Crippen molar-refractivity contribution in [1.29, 1.82) is 0 Å². The zero-order chi connectivity index (χ0) is 14.1. The highest BCUT2D eigenvalue weighted by molar-refractivity contribution is 8.22. The molecule has 0 aromatic carbocycles. The zero-order valence-electron chi connectivity index (χ0n) is 12.6. The Kier molecular flexibility index (Phi) is 5.59. The second-order valence-corrected chi connectivity index (χ2v) is 11.5. The highest BCUT2D eigenvalue weighted by atomic mass is 32.4. The number of hydrogen-bond donors (Lipinski definition) is 0. The molecule has 0 aliphatic heterocycles. The van der Waals surface area contributed by atoms with Crippen LogP contribution in [0.25, 0.3) is 0 Å². The van der Waals surface area contributed by atoms with Crippen LogP contribution in [0, 0.1) is 5.41 Å². The quantitative estimate of drug-likeness (QED) is 0.722. The maximum absolute atomic E-state index is 12.8. The molecule has 0 N–H and O–H groups in total. The first kappa shape index (κ1) is 17.3. The molecule has 0 aromatic rings. The van der Waals surface area contributed by atoms with Crippen LogP contribution in [0.2, 0.25) is 0 Å². The van der Waals surface area contributed by atoms with Gasteiger partial charge in [0, 0.05) is 23.7 Å². The van der Waals surface area contributed by atoms with Gasteiger partial charge in [0.2, 0.25) is 0 Å². The average Bonchev–Trinajstić information content (AvgIpc) is 2.14. The van der Waals surface area contributed by atoms with Gasteiger partial charge in [0.15, 0.2) is 5.52 Å². The fourth-order valence-electron chi connectivity index (χ4n) is 1.93. The Morgan fingerprint density at radius 3 is 1.59 bits per heavy atom. The molecule has 0 spiro atoms. The van der Waals surface area contributed by atoms with Gasteiger partial charge in [-0.15, -0.1) is 0 Å². The van der Waals surface area contributed by atoms with E-state index in [1.807, 2.05) is 20.8 Å². The molecule has 2 nitrogen and oxygen atoms in total. The Balaban J connectivity index is 5.75. The van der Waals surface area contributed by atoms with Crippen LogP contribution in [0.4, 0.5) is 0 Å². The Morgan fingerprint density at radius 1 is 1.06 bits per heavy atom. The maximum Gasteiger partial charge on any atom is 0.183 e. The topological polar surface area (TPSA) is 20.3 Å². The van der Waals surface area contributed by atoms with Gasteiger partial charge in [0.05, 0.1) is 6.19 Å². The van der Waals surface area contributed by atoms with Crippen LogP contribution in [0.5, 0.6) is 0 Å². The monoisotopic (exact) mass is 277 g/mol. The summed E-state index contributed by atoms with van der Waals surface area (Å²) >= 11 is 5.92. The van der Waals surface area contributed by atoms with E-state index in [1.54, 1.807) is 0 Å². The van der Waals surface area contributed by atoms with Crippen molar-refractivity contribution in [3.63, 3.8) is 0 Å². The fourth-order valence-corrected chi connectivity index (χ4v) is 6.87. The van der Waals surface area contributed by atoms with Crippen LogP contribution < -0.4 is 0 Å². The van der Waals surface area contributed by atoms with Crippen molar-refractivity contribution in [2.75, 3.05) is 13.1 Å². The number of carbonyl (C=O) groups is 1. The van der Waals surface area contributed by atoms with E-state index >= 15 is 0 Å². The standard InChI is InChI=1S/C13H28NOPS/c1-9-14(10-2)16(17,13(6,7)8)11(15)12(3,4)5/h9-10H2,1-8H3. The molecule has 0 fully saturated rings. The van der Waals surface area contributed by atoms with Crippen molar-refractivity contribution in [3.05, 3.63) is 0 Å². The van der Waals surface area contributed by atoms with Crippen molar-refractivity contribution >= 4 is 23.5 Å². The van der Waals surface area contributed by atoms with Crippen LogP contribution in [0.1, 0.15) is 55.4 Å². The molecule has 0 rings (SSSR count). The molecule has 0 aliphatic carbocycles. The minimum absolute atomic E-state index is 0.140. The summed E-state index contributed by atoms with van der Waals surface area (Å²) < 4.78 is 2.22. The molecule has 0 aromatic heterocycles. The summed E-state index contributed by atoms with van der Waals surface area (Å²) in [4.78, 5) is 12.8. The molecule has 4 heteroatoms. The molecule has 0 bridgehead atoms. The third kappa shape index (κ3) is 3.39. The third-order valence-electron chi connectivity index (χ3n) is 2.95. The molecule has 1 unspecified atom stereocenters. The Labute approximate surface area is 112 Å². The van der Waals surface area contributed by atoms with E-state index in [0.29, 0.717) is 0 Å². The Hall–Kier alpha value is 0.280. The summed E-state index contributed by atoms with van der Waals surface area (Å²) in [6.07, 6.45) is -2.20. The van der Waals surface area contributed by atoms with Gasteiger partial charge in [-0.1, -0.05) is 67.2 Å². The predicted molar refractivity (Wildman–Crippen MR) is 81.4 cm³/mol. The molecule has 0 heterocycles. The third-order valence-corrected chi connectivity index (χ3v) is 10.2. The molecular formula is C13H28NOPS. The lowest BCUT2D eigenvalue weighted by molar-refractivity contribution is -0.118. The minimum atomic E-state index is -2.20. The van der Waals surface area contributed by atoms with Crippen LogP contribution in [0.15, 0.2) is 0 Å². The largest absolute Gasteiger partial charge is 0.292 e. The summed E-state index contributed by atoms with van der Waals surface area (Å²) in [5, 5.41) is -0.140. The normalized spacial score (nSPS) is 17.0. The number of nitrogens with zero attached hydrogens (tertiary/aromatic N) is 1. The van der Waals surface area contributed by atoms with Gasteiger partial charge in [-0.25, -0.2) is 0 Å². The van der Waals surface area contributed by atoms with Crippen molar-refractivity contribution in [1.82, 2.24) is 4.67 Å². The highest BCUT2D eigenvalue weighted by Gasteiger charge is 2.46. The summed E-state index contributed by atoms with van der Waals surface area (Å²) in [5.41, 5.74) is -0.0954. The van der Waals surface area contributed by atoms with Crippen molar-refractivity contribution < 1.29 is 4.79 Å².